The quantitative estimate of drug-likeness (QED) is 0.420. The number of aliphatic hydroxyl groups is 3. The highest BCUT2D eigenvalue weighted by atomic mass is 16.6. The van der Waals surface area contributed by atoms with Gasteiger partial charge in [-0.1, -0.05) is 5.46 Å². The van der Waals surface area contributed by atoms with Crippen LogP contribution in [0.2, 0.25) is 0 Å². The number of rotatable bonds is 2. The van der Waals surface area contributed by atoms with Crippen molar-refractivity contribution in [2.24, 2.45) is 0 Å². The lowest BCUT2D eigenvalue weighted by molar-refractivity contribution is -0.0746. The molecule has 0 aliphatic carbocycles. The van der Waals surface area contributed by atoms with Crippen LogP contribution in [0.25, 0.3) is 5.52 Å². The van der Waals surface area contributed by atoms with Crippen molar-refractivity contribution in [2.75, 3.05) is 12.3 Å². The summed E-state index contributed by atoms with van der Waals surface area (Å²) in [5.41, 5.74) is 5.68. The van der Waals surface area contributed by atoms with Gasteiger partial charge in [0.15, 0.2) is 5.82 Å². The zero-order chi connectivity index (χ0) is 16.1. The van der Waals surface area contributed by atoms with E-state index in [9.17, 15) is 20.6 Å². The summed E-state index contributed by atoms with van der Waals surface area (Å²) in [5.74, 6) is 0.264. The molecule has 22 heavy (non-hydrogen) atoms. The first-order chi connectivity index (χ1) is 10.4. The fourth-order valence-corrected chi connectivity index (χ4v) is 2.79. The summed E-state index contributed by atoms with van der Waals surface area (Å²) in [6, 6.07) is 3.41. The summed E-state index contributed by atoms with van der Waals surface area (Å²) in [7, 11) is 1.79. The number of aliphatic hydroxyl groups excluding tert-OH is 3. The number of nitrogens with two attached hydrogens (primary N) is 1. The van der Waals surface area contributed by atoms with Gasteiger partial charge < -0.3 is 25.8 Å². The van der Waals surface area contributed by atoms with E-state index in [0.29, 0.717) is 11.2 Å². The van der Waals surface area contributed by atoms with Crippen molar-refractivity contribution in [3.05, 3.63) is 18.1 Å². The second-order valence-electron chi connectivity index (χ2n) is 5.29. The van der Waals surface area contributed by atoms with E-state index in [0.717, 1.165) is 5.46 Å². The highest BCUT2D eigenvalue weighted by molar-refractivity contribution is 6.37. The van der Waals surface area contributed by atoms with Gasteiger partial charge in [0.05, 0.1) is 12.3 Å². The molecule has 4 atom stereocenters. The fraction of sp³-hybridized carbons (Fsp3) is 0.417. The third-order valence-electron chi connectivity index (χ3n) is 3.97. The number of nitrogen functional groups attached to an aromatic ring is 1. The molecule has 0 spiro atoms. The molecule has 9 nitrogen and oxygen atoms in total. The highest BCUT2D eigenvalue weighted by Gasteiger charge is 2.55. The third-order valence-corrected chi connectivity index (χ3v) is 3.97. The van der Waals surface area contributed by atoms with Crippen molar-refractivity contribution in [1.29, 1.82) is 5.26 Å². The largest absolute Gasteiger partial charge is 0.392 e. The standard InChI is InChI=1S/C12H14BN5O4/c13-5-1-6(18-7(5)11(15)16-4-17-18)9-8(20)10(21)12(2-14,3-19)22-9/h1,4,8-10,19-21H,3,13H2,(H2,15,16,17)/t8-,9-,10-,12+/m0/s1. The van der Waals surface area contributed by atoms with Gasteiger partial charge in [-0.2, -0.15) is 10.4 Å². The average molecular weight is 303 g/mol. The van der Waals surface area contributed by atoms with E-state index in [1.165, 1.54) is 10.8 Å². The zero-order valence-electron chi connectivity index (χ0n) is 11.7. The van der Waals surface area contributed by atoms with Crippen molar-refractivity contribution in [2.45, 2.75) is 23.9 Å². The van der Waals surface area contributed by atoms with Crippen LogP contribution in [-0.2, 0) is 4.74 Å². The Balaban J connectivity index is 2.14. The average Bonchev–Trinajstić information content (AvgIpc) is 2.98. The molecule has 1 saturated heterocycles. The van der Waals surface area contributed by atoms with Crippen molar-refractivity contribution in [1.82, 2.24) is 14.6 Å². The van der Waals surface area contributed by atoms with E-state index in [4.69, 9.17) is 10.5 Å². The number of aromatic nitrogens is 3. The summed E-state index contributed by atoms with van der Waals surface area (Å²) in [5, 5.41) is 42.9. The topological polar surface area (TPSA) is 150 Å². The molecule has 1 fully saturated rings. The Bertz CT molecular complexity index is 775. The number of nitrogens with zero attached hydrogens (tertiary/aromatic N) is 4. The highest BCUT2D eigenvalue weighted by Crippen LogP contribution is 2.39. The Hall–Kier alpha value is -2.19. The van der Waals surface area contributed by atoms with Gasteiger partial charge in [-0.3, -0.25) is 0 Å². The van der Waals surface area contributed by atoms with E-state index >= 15 is 0 Å². The molecule has 1 aliphatic rings. The molecule has 0 amide bonds. The molecule has 3 rings (SSSR count). The van der Waals surface area contributed by atoms with E-state index in [2.05, 4.69) is 10.1 Å². The SMILES string of the molecule is Bc1cc([C@@H]2O[C@](C#N)(CO)[C@@H](O)[C@H]2O)n2ncnc(N)c12. The first kappa shape index (κ1) is 14.7. The lowest BCUT2D eigenvalue weighted by Crippen LogP contribution is -2.44. The summed E-state index contributed by atoms with van der Waals surface area (Å²) < 4.78 is 6.93. The van der Waals surface area contributed by atoms with Crippen molar-refractivity contribution < 1.29 is 20.1 Å². The molecule has 0 bridgehead atoms. The Morgan fingerprint density at radius 1 is 1.55 bits per heavy atom. The van der Waals surface area contributed by atoms with Crippen LogP contribution in [0.4, 0.5) is 5.82 Å². The molecular formula is C12H14BN5O4. The first-order valence-electron chi connectivity index (χ1n) is 6.60. The van der Waals surface area contributed by atoms with Crippen LogP contribution in [0, 0.1) is 11.3 Å². The monoisotopic (exact) mass is 303 g/mol. The molecular weight excluding hydrogens is 289 g/mol. The number of hydrogen-bond acceptors (Lipinski definition) is 8. The maximum absolute atomic E-state index is 10.2. The lowest BCUT2D eigenvalue weighted by atomic mass is 9.95. The van der Waals surface area contributed by atoms with Gasteiger partial charge in [0.25, 0.3) is 0 Å². The number of nitriles is 1. The minimum Gasteiger partial charge on any atom is -0.392 e. The van der Waals surface area contributed by atoms with Crippen molar-refractivity contribution in [3.8, 4) is 6.07 Å². The van der Waals surface area contributed by atoms with Crippen LogP contribution >= 0.6 is 0 Å². The molecule has 114 valence electrons. The smallest absolute Gasteiger partial charge is 0.206 e. The number of anilines is 1. The minimum absolute atomic E-state index is 0.264. The molecule has 2 aromatic heterocycles. The molecule has 0 saturated carbocycles. The van der Waals surface area contributed by atoms with Crippen molar-refractivity contribution in [3.63, 3.8) is 0 Å². The molecule has 2 aromatic rings. The second-order valence-corrected chi connectivity index (χ2v) is 5.29. The van der Waals surface area contributed by atoms with Gasteiger partial charge in [-0.25, -0.2) is 9.50 Å². The maximum Gasteiger partial charge on any atom is 0.206 e. The van der Waals surface area contributed by atoms with Crippen LogP contribution in [0.5, 0.6) is 0 Å². The van der Waals surface area contributed by atoms with Gasteiger partial charge >= 0.3 is 0 Å². The van der Waals surface area contributed by atoms with Crippen LogP contribution in [-0.4, -0.2) is 62.2 Å². The summed E-state index contributed by atoms with van der Waals surface area (Å²) in [4.78, 5) is 3.90. The van der Waals surface area contributed by atoms with E-state index in [-0.39, 0.29) is 5.82 Å². The van der Waals surface area contributed by atoms with Gasteiger partial charge in [0.1, 0.15) is 44.1 Å². The Morgan fingerprint density at radius 2 is 2.27 bits per heavy atom. The van der Waals surface area contributed by atoms with Crippen LogP contribution in [0.1, 0.15) is 11.8 Å². The predicted molar refractivity (Wildman–Crippen MR) is 76.8 cm³/mol. The molecule has 1 aliphatic heterocycles. The molecule has 0 unspecified atom stereocenters. The summed E-state index contributed by atoms with van der Waals surface area (Å²) in [6.07, 6.45) is -2.71. The second kappa shape index (κ2) is 4.93. The van der Waals surface area contributed by atoms with Crippen LogP contribution in [0.3, 0.4) is 0 Å². The molecule has 3 heterocycles. The van der Waals surface area contributed by atoms with Gasteiger partial charge in [-0.15, -0.1) is 0 Å². The van der Waals surface area contributed by atoms with E-state index in [1.54, 1.807) is 20.0 Å². The van der Waals surface area contributed by atoms with Crippen LogP contribution < -0.4 is 11.2 Å². The lowest BCUT2D eigenvalue weighted by Gasteiger charge is -2.21. The summed E-state index contributed by atoms with van der Waals surface area (Å²) in [6.45, 7) is -0.738. The van der Waals surface area contributed by atoms with Crippen molar-refractivity contribution >= 4 is 24.6 Å². The zero-order valence-corrected chi connectivity index (χ0v) is 11.7. The van der Waals surface area contributed by atoms with Gasteiger partial charge in [0, 0.05) is 0 Å². The van der Waals surface area contributed by atoms with Crippen LogP contribution in [0.15, 0.2) is 12.4 Å². The normalized spacial score (nSPS) is 31.5. The maximum atomic E-state index is 10.2. The van der Waals surface area contributed by atoms with E-state index in [1.807, 2.05) is 0 Å². The number of hydrogen-bond donors (Lipinski definition) is 4. The predicted octanol–water partition coefficient (Wildman–Crippen LogP) is -3.38. The number of fused-ring (bicyclic) bond motifs is 1. The minimum atomic E-state index is -1.87. The molecule has 0 radical (unpaired) electrons. The fourth-order valence-electron chi connectivity index (χ4n) is 2.79. The Kier molecular flexibility index (Phi) is 3.30. The van der Waals surface area contributed by atoms with Gasteiger partial charge in [0.2, 0.25) is 5.60 Å². The molecule has 0 aromatic carbocycles. The summed E-state index contributed by atoms with van der Waals surface area (Å²) >= 11 is 0. The Labute approximate surface area is 126 Å². The number of ether oxygens (including phenoxy) is 1. The Morgan fingerprint density at radius 3 is 2.86 bits per heavy atom. The molecule has 5 N–H and O–H groups in total. The van der Waals surface area contributed by atoms with Gasteiger partial charge in [-0.05, 0) is 6.07 Å². The molecule has 10 heteroatoms. The van der Waals surface area contributed by atoms with E-state index < -0.39 is 30.5 Å². The first-order valence-corrected chi connectivity index (χ1v) is 6.60. The third kappa shape index (κ3) is 1.81.